The van der Waals surface area contributed by atoms with Gasteiger partial charge in [0.1, 0.15) is 5.82 Å². The number of fused-ring (bicyclic) bond motifs is 2. The van der Waals surface area contributed by atoms with Crippen molar-refractivity contribution in [3.8, 4) is 0 Å². The number of anilines is 1. The summed E-state index contributed by atoms with van der Waals surface area (Å²) < 4.78 is 2.21. The highest BCUT2D eigenvalue weighted by molar-refractivity contribution is 5.75. The van der Waals surface area contributed by atoms with Crippen LogP contribution in [0.3, 0.4) is 0 Å². The molecule has 3 aromatic rings. The number of nitrogens with one attached hydrogen (secondary N) is 1. The smallest absolute Gasteiger partial charge is 0.111 e. The van der Waals surface area contributed by atoms with Crippen LogP contribution in [0.2, 0.25) is 0 Å². The van der Waals surface area contributed by atoms with Gasteiger partial charge in [0.05, 0.1) is 11.0 Å². The highest BCUT2D eigenvalue weighted by atomic mass is 15.1. The maximum absolute atomic E-state index is 4.76. The first kappa shape index (κ1) is 11.5. The fraction of sp³-hybridized carbons (Fsp3) is 0.235. The Bertz CT molecular complexity index is 748. The van der Waals surface area contributed by atoms with Gasteiger partial charge < -0.3 is 9.88 Å². The summed E-state index contributed by atoms with van der Waals surface area (Å²) >= 11 is 0. The number of para-hydroxylation sites is 3. The van der Waals surface area contributed by atoms with Gasteiger partial charge in [0.25, 0.3) is 0 Å². The van der Waals surface area contributed by atoms with Crippen LogP contribution in [0.25, 0.3) is 11.0 Å². The van der Waals surface area contributed by atoms with Crippen LogP contribution in [0.1, 0.15) is 11.4 Å². The second-order valence-corrected chi connectivity index (χ2v) is 5.48. The molecule has 1 aliphatic heterocycles. The fourth-order valence-corrected chi connectivity index (χ4v) is 3.10. The van der Waals surface area contributed by atoms with Gasteiger partial charge in [-0.15, -0.1) is 0 Å². The lowest BCUT2D eigenvalue weighted by atomic mass is 10.1. The van der Waals surface area contributed by atoms with Gasteiger partial charge >= 0.3 is 0 Å². The predicted octanol–water partition coefficient (Wildman–Crippen LogP) is 3.15. The molecule has 3 nitrogen and oxygen atoms in total. The van der Waals surface area contributed by atoms with Crippen molar-refractivity contribution in [3.63, 3.8) is 0 Å². The van der Waals surface area contributed by atoms with E-state index in [2.05, 4.69) is 59.4 Å². The van der Waals surface area contributed by atoms with Gasteiger partial charge in [-0.05, 0) is 30.2 Å². The molecule has 0 bridgehead atoms. The molecule has 1 unspecified atom stereocenters. The van der Waals surface area contributed by atoms with Crippen molar-refractivity contribution >= 4 is 16.7 Å². The fourth-order valence-electron chi connectivity index (χ4n) is 3.10. The van der Waals surface area contributed by atoms with E-state index in [9.17, 15) is 0 Å². The number of hydrogen-bond acceptors (Lipinski definition) is 2. The molecule has 0 aliphatic carbocycles. The van der Waals surface area contributed by atoms with E-state index in [4.69, 9.17) is 4.98 Å². The van der Waals surface area contributed by atoms with Gasteiger partial charge in [-0.25, -0.2) is 4.98 Å². The van der Waals surface area contributed by atoms with Gasteiger partial charge in [0.2, 0.25) is 0 Å². The summed E-state index contributed by atoms with van der Waals surface area (Å²) in [4.78, 5) is 4.76. The van der Waals surface area contributed by atoms with E-state index in [0.717, 1.165) is 24.2 Å². The monoisotopic (exact) mass is 263 g/mol. The lowest BCUT2D eigenvalue weighted by Crippen LogP contribution is -2.20. The Morgan fingerprint density at radius 1 is 1.15 bits per heavy atom. The minimum absolute atomic E-state index is 0.447. The largest absolute Gasteiger partial charge is 0.381 e. The van der Waals surface area contributed by atoms with Crippen LogP contribution in [0, 0.1) is 0 Å². The van der Waals surface area contributed by atoms with Gasteiger partial charge in [-0.2, -0.15) is 0 Å². The van der Waals surface area contributed by atoms with Gasteiger partial charge in [0, 0.05) is 25.2 Å². The number of aromatic nitrogens is 2. The van der Waals surface area contributed by atoms with Crippen LogP contribution < -0.4 is 5.32 Å². The first-order valence-corrected chi connectivity index (χ1v) is 7.06. The number of imidazole rings is 1. The highest BCUT2D eigenvalue weighted by Gasteiger charge is 2.22. The molecule has 100 valence electrons. The zero-order valence-corrected chi connectivity index (χ0v) is 11.5. The maximum atomic E-state index is 4.76. The highest BCUT2D eigenvalue weighted by Crippen LogP contribution is 2.27. The second-order valence-electron chi connectivity index (χ2n) is 5.48. The minimum atomic E-state index is 0.447. The van der Waals surface area contributed by atoms with E-state index >= 15 is 0 Å². The van der Waals surface area contributed by atoms with Gasteiger partial charge in [0.15, 0.2) is 0 Å². The molecule has 1 aliphatic rings. The summed E-state index contributed by atoms with van der Waals surface area (Å²) in [6, 6.07) is 17.3. The van der Waals surface area contributed by atoms with Crippen molar-refractivity contribution in [2.75, 3.05) is 5.32 Å². The molecule has 1 aromatic heterocycles. The molecule has 0 saturated heterocycles. The molecule has 2 aromatic carbocycles. The molecule has 0 spiro atoms. The third-order valence-electron chi connectivity index (χ3n) is 4.15. The van der Waals surface area contributed by atoms with Crippen LogP contribution in [-0.2, 0) is 19.9 Å². The lowest BCUT2D eigenvalue weighted by molar-refractivity contribution is 0.685. The van der Waals surface area contributed by atoms with Crippen molar-refractivity contribution in [2.24, 2.45) is 7.05 Å². The molecule has 0 amide bonds. The van der Waals surface area contributed by atoms with E-state index in [1.165, 1.54) is 16.8 Å². The molecule has 3 heteroatoms. The van der Waals surface area contributed by atoms with Crippen LogP contribution in [0.15, 0.2) is 48.5 Å². The zero-order chi connectivity index (χ0) is 13.5. The number of rotatable bonds is 2. The Balaban J connectivity index is 1.62. The molecule has 4 rings (SSSR count). The average molecular weight is 263 g/mol. The summed E-state index contributed by atoms with van der Waals surface area (Å²) in [6.07, 6.45) is 2.04. The van der Waals surface area contributed by atoms with Crippen LogP contribution in [0.4, 0.5) is 5.69 Å². The molecule has 1 N–H and O–H groups in total. The first-order valence-electron chi connectivity index (χ1n) is 7.06. The van der Waals surface area contributed by atoms with E-state index < -0.39 is 0 Å². The standard InChI is InChI=1S/C17H17N3/c1-20-16-9-5-4-8-15(16)19-17(20)11-13-10-12-6-2-3-7-14(12)18-13/h2-9,13,18H,10-11H2,1H3. The molecule has 0 fully saturated rings. The number of nitrogens with zero attached hydrogens (tertiary/aromatic N) is 2. The Morgan fingerprint density at radius 2 is 1.95 bits per heavy atom. The second kappa shape index (κ2) is 4.37. The topological polar surface area (TPSA) is 29.9 Å². The number of aryl methyl sites for hydroxylation is 1. The first-order chi connectivity index (χ1) is 9.81. The number of hydrogen-bond donors (Lipinski definition) is 1. The summed E-state index contributed by atoms with van der Waals surface area (Å²) in [7, 11) is 2.10. The lowest BCUT2D eigenvalue weighted by Gasteiger charge is -2.11. The zero-order valence-electron chi connectivity index (χ0n) is 11.5. The molecular weight excluding hydrogens is 246 g/mol. The summed E-state index contributed by atoms with van der Waals surface area (Å²) in [5.74, 6) is 1.15. The molecule has 0 saturated carbocycles. The summed E-state index contributed by atoms with van der Waals surface area (Å²) in [5, 5.41) is 3.60. The minimum Gasteiger partial charge on any atom is -0.381 e. The van der Waals surface area contributed by atoms with Crippen LogP contribution in [-0.4, -0.2) is 15.6 Å². The predicted molar refractivity (Wildman–Crippen MR) is 82.0 cm³/mol. The quantitative estimate of drug-likeness (QED) is 0.769. The van der Waals surface area contributed by atoms with E-state index in [-0.39, 0.29) is 0 Å². The third-order valence-corrected chi connectivity index (χ3v) is 4.15. The van der Waals surface area contributed by atoms with Crippen molar-refractivity contribution in [1.82, 2.24) is 9.55 Å². The molecule has 1 atom stereocenters. The molecule has 2 heterocycles. The van der Waals surface area contributed by atoms with Gasteiger partial charge in [-0.3, -0.25) is 0 Å². The van der Waals surface area contributed by atoms with Crippen molar-refractivity contribution in [1.29, 1.82) is 0 Å². The Labute approximate surface area is 118 Å². The van der Waals surface area contributed by atoms with Crippen molar-refractivity contribution in [2.45, 2.75) is 18.9 Å². The molecular formula is C17H17N3. The summed E-state index contributed by atoms with van der Waals surface area (Å²) in [5.41, 5.74) is 4.98. The van der Waals surface area contributed by atoms with Gasteiger partial charge in [-0.1, -0.05) is 30.3 Å². The summed E-state index contributed by atoms with van der Waals surface area (Å²) in [6.45, 7) is 0. The van der Waals surface area contributed by atoms with E-state index in [1.54, 1.807) is 0 Å². The van der Waals surface area contributed by atoms with Crippen molar-refractivity contribution in [3.05, 3.63) is 59.9 Å². The SMILES string of the molecule is Cn1c(CC2Cc3ccccc3N2)nc2ccccc21. The van der Waals surface area contributed by atoms with E-state index in [1.807, 2.05) is 6.07 Å². The third kappa shape index (κ3) is 1.78. The number of benzene rings is 2. The Hall–Kier alpha value is -2.29. The normalized spacial score (nSPS) is 17.1. The molecule has 20 heavy (non-hydrogen) atoms. The Morgan fingerprint density at radius 3 is 2.80 bits per heavy atom. The Kier molecular flexibility index (Phi) is 2.52. The van der Waals surface area contributed by atoms with E-state index in [0.29, 0.717) is 6.04 Å². The van der Waals surface area contributed by atoms with Crippen LogP contribution >= 0.6 is 0 Å². The van der Waals surface area contributed by atoms with Crippen LogP contribution in [0.5, 0.6) is 0 Å². The van der Waals surface area contributed by atoms with Crippen molar-refractivity contribution < 1.29 is 0 Å². The average Bonchev–Trinajstić information content (AvgIpc) is 3.01. The molecule has 0 radical (unpaired) electrons. The maximum Gasteiger partial charge on any atom is 0.111 e.